The van der Waals surface area contributed by atoms with Crippen LogP contribution in [-0.2, 0) is 4.79 Å². The lowest BCUT2D eigenvalue weighted by Crippen LogP contribution is -1.73. The molecular formula is C9H16O. The van der Waals surface area contributed by atoms with Crippen molar-refractivity contribution in [2.24, 2.45) is 0 Å². The highest BCUT2D eigenvalue weighted by atomic mass is 16.1. The average Bonchev–Trinajstić information content (AvgIpc) is 2.10. The molecule has 10 heavy (non-hydrogen) atoms. The van der Waals surface area contributed by atoms with E-state index < -0.39 is 0 Å². The van der Waals surface area contributed by atoms with Crippen molar-refractivity contribution in [3.63, 3.8) is 0 Å². The topological polar surface area (TPSA) is 17.1 Å². The molecule has 0 saturated heterocycles. The summed E-state index contributed by atoms with van der Waals surface area (Å²) < 4.78 is 14.3. The molecule has 0 spiro atoms. The van der Waals surface area contributed by atoms with Gasteiger partial charge in [-0.15, -0.1) is 0 Å². The third kappa shape index (κ3) is 7.41. The van der Waals surface area contributed by atoms with Gasteiger partial charge in [-0.2, -0.15) is 0 Å². The van der Waals surface area contributed by atoms with E-state index in [0.717, 1.165) is 12.8 Å². The van der Waals surface area contributed by atoms with Crippen molar-refractivity contribution in [1.82, 2.24) is 0 Å². The molecule has 0 saturated carbocycles. The normalized spacial score (nSPS) is 15.3. The van der Waals surface area contributed by atoms with E-state index in [4.69, 9.17) is 2.74 Å². The summed E-state index contributed by atoms with van der Waals surface area (Å²) >= 11 is 0. The van der Waals surface area contributed by atoms with E-state index in [0.29, 0.717) is 12.7 Å². The Hall–Kier alpha value is -0.590. The third-order valence-corrected chi connectivity index (χ3v) is 1.32. The molecule has 0 rings (SSSR count). The van der Waals surface area contributed by atoms with Gasteiger partial charge in [0.15, 0.2) is 0 Å². The van der Waals surface area contributed by atoms with Gasteiger partial charge in [0.25, 0.3) is 0 Å². The van der Waals surface area contributed by atoms with E-state index in [1.54, 1.807) is 0 Å². The molecule has 1 nitrogen and oxygen atoms in total. The number of rotatable bonds is 6. The Morgan fingerprint density at radius 1 is 1.40 bits per heavy atom. The first kappa shape index (κ1) is 6.14. The number of unbranched alkanes of at least 4 members (excludes halogenated alkanes) is 3. The van der Waals surface area contributed by atoms with Crippen molar-refractivity contribution in [3.8, 4) is 0 Å². The lowest BCUT2D eigenvalue weighted by molar-refractivity contribution is -0.104. The highest BCUT2D eigenvalue weighted by Gasteiger charge is 1.82. The van der Waals surface area contributed by atoms with Crippen LogP contribution in [-0.4, -0.2) is 6.29 Å². The summed E-state index contributed by atoms with van der Waals surface area (Å²) in [6, 6.07) is -0.00685. The zero-order valence-corrected chi connectivity index (χ0v) is 6.52. The van der Waals surface area contributed by atoms with E-state index in [2.05, 4.69) is 6.92 Å². The van der Waals surface area contributed by atoms with Crippen molar-refractivity contribution in [2.45, 2.75) is 39.0 Å². The van der Waals surface area contributed by atoms with Crippen LogP contribution < -0.4 is 0 Å². The van der Waals surface area contributed by atoms with Gasteiger partial charge in [0.2, 0.25) is 0 Å². The monoisotopic (exact) mass is 142 g/mol. The molecule has 0 N–H and O–H groups in total. The number of hydrogen-bond donors (Lipinski definition) is 0. The quantitative estimate of drug-likeness (QED) is 0.316. The molecule has 0 bridgehead atoms. The Morgan fingerprint density at radius 3 is 2.80 bits per heavy atom. The molecule has 1 heteroatoms. The number of hydrogen-bond acceptors (Lipinski definition) is 1. The highest BCUT2D eigenvalue weighted by molar-refractivity contribution is 5.64. The number of allylic oxidation sites excluding steroid dienone is 2. The van der Waals surface area contributed by atoms with Gasteiger partial charge in [0, 0.05) is 0 Å². The largest absolute Gasteiger partial charge is 0.299 e. The summed E-state index contributed by atoms with van der Waals surface area (Å²) in [4.78, 5) is 10.1. The van der Waals surface area contributed by atoms with Crippen LogP contribution in [0.2, 0.25) is 0 Å². The maximum atomic E-state index is 10.1. The molecular weight excluding hydrogens is 124 g/mol. The second kappa shape index (κ2) is 8.41. The van der Waals surface area contributed by atoms with Crippen LogP contribution in [0.4, 0.5) is 0 Å². The predicted molar refractivity (Wildman–Crippen MR) is 44.0 cm³/mol. The fraction of sp³-hybridized carbons (Fsp3) is 0.667. The summed E-state index contributed by atoms with van der Waals surface area (Å²) in [6.07, 6.45) is 5.34. The van der Waals surface area contributed by atoms with E-state index in [1.165, 1.54) is 12.8 Å². The van der Waals surface area contributed by atoms with Crippen LogP contribution in [0.25, 0.3) is 0 Å². The van der Waals surface area contributed by atoms with Crippen LogP contribution in [0.5, 0.6) is 0 Å². The zero-order valence-electron chi connectivity index (χ0n) is 8.52. The third-order valence-electron chi connectivity index (χ3n) is 1.32. The van der Waals surface area contributed by atoms with Crippen molar-refractivity contribution < 1.29 is 7.54 Å². The summed E-state index contributed by atoms with van der Waals surface area (Å²) in [6.45, 7) is 2.12. The minimum atomic E-state index is -0.175. The van der Waals surface area contributed by atoms with E-state index in [1.807, 2.05) is 0 Å². The van der Waals surface area contributed by atoms with Crippen molar-refractivity contribution in [2.75, 3.05) is 0 Å². The summed E-state index contributed by atoms with van der Waals surface area (Å²) in [5.41, 5.74) is 0. The molecule has 0 aromatic rings. The highest BCUT2D eigenvalue weighted by Crippen LogP contribution is 2.02. The molecule has 0 aliphatic rings. The number of carbonyl (C=O) groups excluding carboxylic acids is 1. The molecule has 0 unspecified atom stereocenters. The minimum absolute atomic E-state index is 0.168. The Bertz CT molecular complexity index is 164. The maximum absolute atomic E-state index is 10.1. The number of aldehydes is 1. The van der Waals surface area contributed by atoms with Crippen LogP contribution in [0.3, 0.4) is 0 Å². The Labute approximate surface area is 65.9 Å². The zero-order chi connectivity index (χ0) is 9.40. The van der Waals surface area contributed by atoms with Gasteiger partial charge >= 0.3 is 0 Å². The first-order valence-corrected chi connectivity index (χ1v) is 3.84. The fourth-order valence-corrected chi connectivity index (χ4v) is 0.754. The molecule has 0 aromatic carbocycles. The maximum Gasteiger partial charge on any atom is 0.142 e. The lowest BCUT2D eigenvalue weighted by atomic mass is 10.1. The summed E-state index contributed by atoms with van der Waals surface area (Å²) in [7, 11) is 0. The molecule has 0 aliphatic heterocycles. The smallest absolute Gasteiger partial charge is 0.142 e. The summed E-state index contributed by atoms with van der Waals surface area (Å²) in [5, 5.41) is 0. The average molecular weight is 142 g/mol. The van der Waals surface area contributed by atoms with Crippen LogP contribution in [0.15, 0.2) is 12.1 Å². The van der Waals surface area contributed by atoms with Crippen molar-refractivity contribution in [3.05, 3.63) is 12.1 Å². The molecule has 0 amide bonds. The van der Waals surface area contributed by atoms with Gasteiger partial charge in [-0.3, -0.25) is 4.79 Å². The molecule has 0 atom stereocenters. The van der Waals surface area contributed by atoms with Gasteiger partial charge in [0.05, 0.1) is 2.74 Å². The summed E-state index contributed by atoms with van der Waals surface area (Å²) in [5.74, 6) is 0. The van der Waals surface area contributed by atoms with E-state index in [9.17, 15) is 4.79 Å². The SMILES string of the molecule is [2H]C(C=O)=C([2H])CCCCCC. The van der Waals surface area contributed by atoms with Crippen LogP contribution >= 0.6 is 0 Å². The second-order valence-electron chi connectivity index (χ2n) is 2.25. The second-order valence-corrected chi connectivity index (χ2v) is 2.25. The molecule has 0 aliphatic carbocycles. The molecule has 0 radical (unpaired) electrons. The van der Waals surface area contributed by atoms with Crippen molar-refractivity contribution >= 4 is 6.29 Å². The van der Waals surface area contributed by atoms with Crippen LogP contribution in [0.1, 0.15) is 41.8 Å². The van der Waals surface area contributed by atoms with Crippen molar-refractivity contribution in [1.29, 1.82) is 0 Å². The molecule has 0 heterocycles. The first-order chi connectivity index (χ1) is 5.72. The molecule has 0 aromatic heterocycles. The molecule has 0 fully saturated rings. The van der Waals surface area contributed by atoms with Gasteiger partial charge in [0.1, 0.15) is 6.29 Å². The Morgan fingerprint density at radius 2 is 2.20 bits per heavy atom. The predicted octanol–water partition coefficient (Wildman–Crippen LogP) is 2.71. The minimum Gasteiger partial charge on any atom is -0.299 e. The first-order valence-electron chi connectivity index (χ1n) is 4.84. The Kier molecular flexibility index (Phi) is 5.17. The Balaban J connectivity index is 3.56. The molecule has 58 valence electrons. The van der Waals surface area contributed by atoms with Gasteiger partial charge in [-0.25, -0.2) is 0 Å². The lowest BCUT2D eigenvalue weighted by Gasteiger charge is -1.92. The van der Waals surface area contributed by atoms with Gasteiger partial charge in [-0.05, 0) is 18.9 Å². The van der Waals surface area contributed by atoms with E-state index in [-0.39, 0.29) is 12.1 Å². The van der Waals surface area contributed by atoms with Crippen LogP contribution in [0, 0.1) is 0 Å². The van der Waals surface area contributed by atoms with Gasteiger partial charge in [-0.1, -0.05) is 32.2 Å². The van der Waals surface area contributed by atoms with E-state index >= 15 is 0 Å². The fourth-order valence-electron chi connectivity index (χ4n) is 0.754. The van der Waals surface area contributed by atoms with Gasteiger partial charge < -0.3 is 0 Å². The standard InChI is InChI=1S/C9H16O/c1-2-3-4-5-6-7-8-9-10/h7-9H,2-6H2,1H3/i7D,8D. The number of carbonyl (C=O) groups is 1.